The summed E-state index contributed by atoms with van der Waals surface area (Å²) in [5, 5.41) is 3.50. The summed E-state index contributed by atoms with van der Waals surface area (Å²) in [6.45, 7) is 8.23. The number of nitrogens with one attached hydrogen (secondary N) is 2. The molecule has 0 aliphatic carbocycles. The number of benzene rings is 3. The van der Waals surface area contributed by atoms with Crippen LogP contribution in [0.3, 0.4) is 0 Å². The van der Waals surface area contributed by atoms with Gasteiger partial charge in [0.2, 0.25) is 0 Å². The van der Waals surface area contributed by atoms with Gasteiger partial charge < -0.3 is 10.3 Å². The van der Waals surface area contributed by atoms with E-state index in [-0.39, 0.29) is 0 Å². The molecule has 51 heavy (non-hydrogen) atoms. The molecule has 4 nitrogen and oxygen atoms in total. The first kappa shape index (κ1) is 33.0. The van der Waals surface area contributed by atoms with Crippen molar-refractivity contribution in [1.29, 1.82) is 0 Å². The third-order valence-corrected chi connectivity index (χ3v) is 9.08. The number of nitrogens with zero attached hydrogens (tertiary/aromatic N) is 2. The lowest BCUT2D eigenvalue weighted by atomic mass is 9.99. The van der Waals surface area contributed by atoms with Crippen molar-refractivity contribution in [1.82, 2.24) is 15.0 Å². The molecule has 0 spiro atoms. The highest BCUT2D eigenvalue weighted by Gasteiger charge is 2.18. The molecule has 0 atom stereocenters. The van der Waals surface area contributed by atoms with E-state index >= 15 is 0 Å². The molecule has 248 valence electrons. The Kier molecular flexibility index (Phi) is 9.66. The van der Waals surface area contributed by atoms with Gasteiger partial charge >= 0.3 is 0 Å². The molecule has 0 saturated carbocycles. The van der Waals surface area contributed by atoms with Gasteiger partial charge in [-0.05, 0) is 84.2 Å². The molecule has 7 rings (SSSR count). The summed E-state index contributed by atoms with van der Waals surface area (Å²) < 4.78 is 0. The maximum Gasteiger partial charge on any atom is 0.0737 e. The normalized spacial score (nSPS) is 12.2. The van der Waals surface area contributed by atoms with E-state index in [2.05, 4.69) is 157 Å². The molecule has 2 N–H and O–H groups in total. The molecule has 0 saturated heterocycles. The minimum atomic E-state index is 0.872. The largest absolute Gasteiger partial charge is 0.388 e. The van der Waals surface area contributed by atoms with Crippen LogP contribution in [-0.2, 0) is 0 Å². The summed E-state index contributed by atoms with van der Waals surface area (Å²) in [5.41, 5.74) is 15.9. The summed E-state index contributed by atoms with van der Waals surface area (Å²) in [6, 6.07) is 40.1. The first-order valence-electron chi connectivity index (χ1n) is 17.2. The highest BCUT2D eigenvalue weighted by atomic mass is 14.8. The van der Waals surface area contributed by atoms with Crippen molar-refractivity contribution in [2.75, 3.05) is 12.4 Å². The van der Waals surface area contributed by atoms with Gasteiger partial charge in [-0.2, -0.15) is 0 Å². The summed E-state index contributed by atoms with van der Waals surface area (Å²) in [6.07, 6.45) is 16.5. The van der Waals surface area contributed by atoms with Crippen molar-refractivity contribution in [2.45, 2.75) is 13.8 Å². The van der Waals surface area contributed by atoms with Gasteiger partial charge in [-0.15, -0.1) is 0 Å². The zero-order valence-electron chi connectivity index (χ0n) is 29.2. The molecule has 3 aromatic carbocycles. The Bertz CT molecular complexity index is 2410. The number of aryl methyl sites for hydroxylation is 1. The number of H-pyrrole nitrogens is 1. The van der Waals surface area contributed by atoms with Crippen LogP contribution in [0.25, 0.3) is 74.3 Å². The van der Waals surface area contributed by atoms with Crippen molar-refractivity contribution in [3.63, 3.8) is 0 Å². The van der Waals surface area contributed by atoms with E-state index < -0.39 is 0 Å². The smallest absolute Gasteiger partial charge is 0.0737 e. The van der Waals surface area contributed by atoms with E-state index in [4.69, 9.17) is 9.97 Å². The van der Waals surface area contributed by atoms with E-state index in [1.54, 1.807) is 0 Å². The molecule has 2 aromatic heterocycles. The molecule has 0 fully saturated rings. The van der Waals surface area contributed by atoms with Crippen LogP contribution < -0.4 is 5.32 Å². The fourth-order valence-corrected chi connectivity index (χ4v) is 6.80. The van der Waals surface area contributed by atoms with E-state index in [1.165, 1.54) is 0 Å². The molecule has 5 aromatic rings. The first-order chi connectivity index (χ1) is 25.1. The van der Waals surface area contributed by atoms with Crippen molar-refractivity contribution in [3.8, 4) is 33.4 Å². The number of aromatic nitrogens is 3. The van der Waals surface area contributed by atoms with Crippen molar-refractivity contribution < 1.29 is 0 Å². The lowest BCUT2D eigenvalue weighted by Gasteiger charge is -2.10. The lowest BCUT2D eigenvalue weighted by molar-refractivity contribution is 1.29. The van der Waals surface area contributed by atoms with Crippen LogP contribution in [0.4, 0.5) is 5.69 Å². The summed E-state index contributed by atoms with van der Waals surface area (Å²) in [7, 11) is 1.97. The zero-order valence-corrected chi connectivity index (χ0v) is 29.2. The highest BCUT2D eigenvalue weighted by Crippen LogP contribution is 2.37. The number of anilines is 1. The van der Waals surface area contributed by atoms with Gasteiger partial charge in [0.05, 0.1) is 22.8 Å². The molecule has 4 heterocycles. The maximum atomic E-state index is 5.36. The monoisotopic (exact) mass is 660 g/mol. The number of hydrogen-bond acceptors (Lipinski definition) is 3. The topological polar surface area (TPSA) is 53.6 Å². The maximum absolute atomic E-state index is 5.36. The van der Waals surface area contributed by atoms with E-state index in [1.807, 2.05) is 44.3 Å². The van der Waals surface area contributed by atoms with Crippen molar-refractivity contribution >= 4 is 46.6 Å². The van der Waals surface area contributed by atoms with Crippen molar-refractivity contribution in [3.05, 3.63) is 180 Å². The van der Waals surface area contributed by atoms with Gasteiger partial charge in [0.1, 0.15) is 0 Å². The Balaban J connectivity index is 1.71. The standard InChI is InChI=1S/C47H40N4/c1-5-16-33(17-6-2)46-40-27-26-38(49-40)44(34-18-10-7-11-19-34)32(3)24-25-37(48-4)45(35-20-12-8-13-21-35)39-28-29-42(50-39)47(36-22-14-9-15-23-36)43-31-30-41(46)51-43/h5-31,48,51H,1H2,2-4H3/b17-6-,25-24?,32-24?,33-16+,37-25?,44-32?,44-38?,45-37?,45-39?,46-40?,46-41?,47-42?,47-43?. The van der Waals surface area contributed by atoms with Crippen LogP contribution in [0, 0.1) is 6.92 Å². The van der Waals surface area contributed by atoms with Gasteiger partial charge in [0.15, 0.2) is 0 Å². The Morgan fingerprint density at radius 2 is 1.12 bits per heavy atom. The lowest BCUT2D eigenvalue weighted by Crippen LogP contribution is -1.94. The quantitative estimate of drug-likeness (QED) is 0.167. The molecule has 0 amide bonds. The van der Waals surface area contributed by atoms with Crippen LogP contribution in [-0.4, -0.2) is 22.0 Å². The minimum Gasteiger partial charge on any atom is -0.388 e. The number of rotatable bonds is 7. The third kappa shape index (κ3) is 6.72. The number of aromatic amines is 1. The second kappa shape index (κ2) is 14.9. The zero-order chi connectivity index (χ0) is 35.2. The summed E-state index contributed by atoms with van der Waals surface area (Å²) in [5.74, 6) is 0. The van der Waals surface area contributed by atoms with Crippen LogP contribution in [0.2, 0.25) is 0 Å². The Morgan fingerprint density at radius 3 is 1.71 bits per heavy atom. The van der Waals surface area contributed by atoms with E-state index in [0.717, 1.165) is 89.6 Å². The van der Waals surface area contributed by atoms with Crippen LogP contribution >= 0.6 is 0 Å². The van der Waals surface area contributed by atoms with Gasteiger partial charge in [-0.3, -0.25) is 0 Å². The summed E-state index contributed by atoms with van der Waals surface area (Å²) >= 11 is 0. The average Bonchev–Trinajstić information content (AvgIpc) is 3.95. The first-order valence-corrected chi connectivity index (χ1v) is 17.2. The molecule has 2 aliphatic rings. The van der Waals surface area contributed by atoms with E-state index in [9.17, 15) is 0 Å². The predicted molar refractivity (Wildman–Crippen MR) is 219 cm³/mol. The van der Waals surface area contributed by atoms with Crippen LogP contribution in [0.5, 0.6) is 0 Å². The minimum absolute atomic E-state index is 0.872. The predicted octanol–water partition coefficient (Wildman–Crippen LogP) is 12.2. The number of hydrogen-bond donors (Lipinski definition) is 2. The fourth-order valence-electron chi connectivity index (χ4n) is 6.80. The second-order valence-electron chi connectivity index (χ2n) is 12.4. The van der Waals surface area contributed by atoms with Crippen LogP contribution in [0.1, 0.15) is 40.8 Å². The molecular formula is C47H40N4. The van der Waals surface area contributed by atoms with Gasteiger partial charge in [-0.25, -0.2) is 9.97 Å². The number of allylic oxidation sites excluding steroid dienone is 5. The Labute approximate surface area is 300 Å². The third-order valence-electron chi connectivity index (χ3n) is 9.08. The Hall–Kier alpha value is -6.52. The van der Waals surface area contributed by atoms with E-state index in [0.29, 0.717) is 0 Å². The average molecular weight is 661 g/mol. The molecule has 6 bridgehead atoms. The van der Waals surface area contributed by atoms with Gasteiger partial charge in [-0.1, -0.05) is 128 Å². The molecule has 0 radical (unpaired) electrons. The molecule has 0 unspecified atom stereocenters. The molecule has 4 heteroatoms. The van der Waals surface area contributed by atoms with Crippen molar-refractivity contribution in [2.24, 2.45) is 0 Å². The van der Waals surface area contributed by atoms with Gasteiger partial charge in [0.25, 0.3) is 0 Å². The Morgan fingerprint density at radius 1 is 0.608 bits per heavy atom. The molecular weight excluding hydrogens is 621 g/mol. The van der Waals surface area contributed by atoms with Gasteiger partial charge in [0, 0.05) is 46.0 Å². The summed E-state index contributed by atoms with van der Waals surface area (Å²) in [4.78, 5) is 14.5. The SMILES string of the molecule is C=C/C=C(\C=C/C)c1c2nc(c(-c3ccccc3)c(C)ccc(NC)c(-c3ccccc3)c3nc(c(-c4ccccc4)c4ccc1[nH]4)C=C3)C=C2. The highest BCUT2D eigenvalue weighted by molar-refractivity contribution is 5.97. The second-order valence-corrected chi connectivity index (χ2v) is 12.4. The number of fused-ring (bicyclic) bond motifs is 6. The fraction of sp³-hybridized carbons (Fsp3) is 0.0638. The molecule has 2 aliphatic heterocycles. The van der Waals surface area contributed by atoms with Crippen LogP contribution in [0.15, 0.2) is 146 Å².